The summed E-state index contributed by atoms with van der Waals surface area (Å²) < 4.78 is 9.42. The third-order valence-electron chi connectivity index (χ3n) is 17.3. The summed E-state index contributed by atoms with van der Waals surface area (Å²) in [6.07, 6.45) is 0. The fraction of sp³-hybridized carbons (Fsp3) is 0. The molecule has 0 radical (unpaired) electrons. The van der Waals surface area contributed by atoms with Crippen LogP contribution in [-0.4, -0.2) is 9.13 Å². The van der Waals surface area contributed by atoms with E-state index in [1.54, 1.807) is 22.7 Å². The van der Waals surface area contributed by atoms with Crippen LogP contribution in [-0.2, 0) is 0 Å². The predicted molar refractivity (Wildman–Crippen MR) is 364 cm³/mol. The Balaban J connectivity index is 1.21. The van der Waals surface area contributed by atoms with Gasteiger partial charge in [0.25, 0.3) is 0 Å². The van der Waals surface area contributed by atoms with Gasteiger partial charge in [0, 0.05) is 63.6 Å². The van der Waals surface area contributed by atoms with Gasteiger partial charge in [-0.1, -0.05) is 224 Å². The van der Waals surface area contributed by atoms with E-state index in [0.717, 1.165) is 125 Å². The molecule has 86 heavy (non-hydrogen) atoms. The standard InChI is InChI=1S/C80H46N4S2/c1-82-74-70(56-44-54(49-25-7-2-8-26-49)43-55(45-56)50-27-9-3-10-28-50)65(48-81)75(71(53-33-15-6-16-34-53)76(74)83-66-39-21-17-35-57(66)58-36-18-22-40-67(58)83)84-77-72(61(51-29-11-4-12-30-51)46-63-59-37-19-23-41-68(59)85-79(63)77)73-62(52-31-13-5-14-32-52)47-64-60-38-20-24-42-69(60)86-80(64)78(73)84/h2-47H. The van der Waals surface area contributed by atoms with Gasteiger partial charge >= 0.3 is 0 Å². The van der Waals surface area contributed by atoms with Crippen molar-refractivity contribution in [3.63, 3.8) is 0 Å². The fourth-order valence-corrected chi connectivity index (χ4v) is 16.1. The topological polar surface area (TPSA) is 38.0 Å². The van der Waals surface area contributed by atoms with E-state index in [4.69, 9.17) is 4.85 Å². The van der Waals surface area contributed by atoms with Crippen molar-refractivity contribution < 1.29 is 0 Å². The molecule has 398 valence electrons. The molecule has 0 aliphatic rings. The normalized spacial score (nSPS) is 11.7. The van der Waals surface area contributed by atoms with Crippen LogP contribution < -0.4 is 0 Å². The second kappa shape index (κ2) is 19.8. The Kier molecular flexibility index (Phi) is 11.4. The molecule has 0 saturated heterocycles. The van der Waals surface area contributed by atoms with Crippen LogP contribution in [0.3, 0.4) is 0 Å². The van der Waals surface area contributed by atoms with Crippen LogP contribution in [0.25, 0.3) is 167 Å². The van der Waals surface area contributed by atoms with E-state index in [1.165, 1.54) is 20.2 Å². The van der Waals surface area contributed by atoms with E-state index >= 15 is 0 Å². The van der Waals surface area contributed by atoms with Crippen LogP contribution in [0.5, 0.6) is 0 Å². The molecule has 4 heterocycles. The van der Waals surface area contributed by atoms with Gasteiger partial charge in [0.15, 0.2) is 0 Å². The van der Waals surface area contributed by atoms with Gasteiger partial charge in [-0.25, -0.2) is 4.85 Å². The molecular formula is C80H46N4S2. The van der Waals surface area contributed by atoms with E-state index in [-0.39, 0.29) is 0 Å². The van der Waals surface area contributed by atoms with Gasteiger partial charge < -0.3 is 9.13 Å². The van der Waals surface area contributed by atoms with Crippen molar-refractivity contribution in [3.8, 4) is 84.2 Å². The first-order chi connectivity index (χ1) is 42.6. The first-order valence-corrected chi connectivity index (χ1v) is 30.5. The number of para-hydroxylation sites is 2. The van der Waals surface area contributed by atoms with E-state index in [0.29, 0.717) is 28.2 Å². The maximum absolute atomic E-state index is 13.0. The van der Waals surface area contributed by atoms with Gasteiger partial charge in [-0.05, 0) is 110 Å². The summed E-state index contributed by atoms with van der Waals surface area (Å²) in [6, 6.07) is 102. The summed E-state index contributed by atoms with van der Waals surface area (Å²) in [5.41, 5.74) is 17.5. The number of benzene rings is 13. The Bertz CT molecular complexity index is 5420. The van der Waals surface area contributed by atoms with Gasteiger partial charge in [-0.3, -0.25) is 0 Å². The Labute approximate surface area is 503 Å². The Morgan fingerprint density at radius 1 is 0.337 bits per heavy atom. The average molecular weight is 1130 g/mol. The van der Waals surface area contributed by atoms with Gasteiger partial charge in [-0.15, -0.1) is 22.7 Å². The molecule has 0 atom stereocenters. The quantitative estimate of drug-likeness (QED) is 0.140. The largest absolute Gasteiger partial charge is 0.318 e. The maximum atomic E-state index is 13.0. The predicted octanol–water partition coefficient (Wildman–Crippen LogP) is 23.0. The average Bonchev–Trinajstić information content (AvgIpc) is 1.52. The SMILES string of the molecule is [C-]#[N+]c1c(-c2cc(-c3ccccc3)cc(-c3ccccc3)c2)c(C#N)c(-n2c3c4sc5ccccc5c4cc(-c4ccccc4)c3c3c(-c4ccccc4)cc4c5ccccc5sc4c32)c(-c2ccccc2)c1-n1c2ccccc2c2ccccc21. The minimum absolute atomic E-state index is 0.384. The molecule has 0 unspecified atom stereocenters. The highest BCUT2D eigenvalue weighted by molar-refractivity contribution is 7.27. The van der Waals surface area contributed by atoms with Gasteiger partial charge in [0.2, 0.25) is 5.69 Å². The summed E-state index contributed by atoms with van der Waals surface area (Å²) in [7, 11) is 0. The van der Waals surface area contributed by atoms with E-state index in [9.17, 15) is 11.8 Å². The number of hydrogen-bond donors (Lipinski definition) is 0. The van der Waals surface area contributed by atoms with E-state index in [1.807, 2.05) is 12.1 Å². The molecule has 4 nitrogen and oxygen atoms in total. The molecule has 0 N–H and O–H groups in total. The van der Waals surface area contributed by atoms with Crippen LogP contribution in [0.4, 0.5) is 5.69 Å². The molecule has 0 fully saturated rings. The molecule has 13 aromatic carbocycles. The number of rotatable bonds is 8. The molecule has 0 spiro atoms. The summed E-state index contributed by atoms with van der Waals surface area (Å²) in [4.78, 5) is 4.80. The number of aromatic nitrogens is 2. The molecular weight excluding hydrogens is 1080 g/mol. The number of nitriles is 1. The highest BCUT2D eigenvalue weighted by Crippen LogP contribution is 2.58. The molecule has 0 bridgehead atoms. The minimum Gasteiger partial charge on any atom is -0.318 e. The molecule has 0 aliphatic heterocycles. The fourth-order valence-electron chi connectivity index (χ4n) is 13.7. The van der Waals surface area contributed by atoms with Crippen molar-refractivity contribution in [1.82, 2.24) is 9.13 Å². The Morgan fingerprint density at radius 3 is 1.16 bits per heavy atom. The zero-order valence-corrected chi connectivity index (χ0v) is 47.8. The monoisotopic (exact) mass is 1130 g/mol. The Morgan fingerprint density at radius 2 is 0.721 bits per heavy atom. The van der Waals surface area contributed by atoms with Crippen LogP contribution in [0.2, 0.25) is 0 Å². The first-order valence-electron chi connectivity index (χ1n) is 28.8. The summed E-state index contributed by atoms with van der Waals surface area (Å²) >= 11 is 3.61. The lowest BCUT2D eigenvalue weighted by Gasteiger charge is -2.26. The van der Waals surface area contributed by atoms with Crippen LogP contribution in [0.15, 0.2) is 279 Å². The van der Waals surface area contributed by atoms with Crippen molar-refractivity contribution >= 4 is 112 Å². The van der Waals surface area contributed by atoms with Crippen LogP contribution >= 0.6 is 22.7 Å². The lowest BCUT2D eigenvalue weighted by Crippen LogP contribution is -2.09. The number of fused-ring (bicyclic) bond motifs is 14. The molecule has 6 heteroatoms. The third kappa shape index (κ3) is 7.45. The molecule has 17 aromatic rings. The summed E-state index contributed by atoms with van der Waals surface area (Å²) in [5.74, 6) is 0. The zero-order chi connectivity index (χ0) is 57.0. The van der Waals surface area contributed by atoms with Gasteiger partial charge in [-0.2, -0.15) is 5.26 Å². The molecule has 17 rings (SSSR count). The molecule has 4 aromatic heterocycles. The highest BCUT2D eigenvalue weighted by Gasteiger charge is 2.35. The van der Waals surface area contributed by atoms with E-state index < -0.39 is 0 Å². The van der Waals surface area contributed by atoms with Crippen molar-refractivity contribution in [1.29, 1.82) is 5.26 Å². The third-order valence-corrected chi connectivity index (χ3v) is 19.7. The number of hydrogen-bond acceptors (Lipinski definition) is 3. The lowest BCUT2D eigenvalue weighted by atomic mass is 9.86. The van der Waals surface area contributed by atoms with Gasteiger partial charge in [0.05, 0.1) is 55.0 Å². The second-order valence-electron chi connectivity index (χ2n) is 22.0. The van der Waals surface area contributed by atoms with Crippen molar-refractivity contribution in [2.24, 2.45) is 0 Å². The number of nitrogens with zero attached hydrogens (tertiary/aromatic N) is 4. The lowest BCUT2D eigenvalue weighted by molar-refractivity contribution is 1.14. The number of thiophene rings is 2. The Hall–Kier alpha value is -11.1. The maximum Gasteiger partial charge on any atom is 0.220 e. The summed E-state index contributed by atoms with van der Waals surface area (Å²) in [6.45, 7) is 9.85. The van der Waals surface area contributed by atoms with Gasteiger partial charge in [0.1, 0.15) is 6.07 Å². The first kappa shape index (κ1) is 49.5. The highest BCUT2D eigenvalue weighted by atomic mass is 32.1. The van der Waals surface area contributed by atoms with Crippen molar-refractivity contribution in [2.45, 2.75) is 0 Å². The smallest absolute Gasteiger partial charge is 0.220 e. The zero-order valence-electron chi connectivity index (χ0n) is 46.2. The van der Waals surface area contributed by atoms with E-state index in [2.05, 4.69) is 282 Å². The molecule has 0 amide bonds. The summed E-state index contributed by atoms with van der Waals surface area (Å²) in [5, 5.41) is 21.9. The molecule has 0 saturated carbocycles. The molecule has 0 aliphatic carbocycles. The van der Waals surface area contributed by atoms with Crippen molar-refractivity contribution in [3.05, 3.63) is 296 Å². The van der Waals surface area contributed by atoms with Crippen LogP contribution in [0, 0.1) is 17.9 Å². The van der Waals surface area contributed by atoms with Crippen molar-refractivity contribution in [2.75, 3.05) is 0 Å². The minimum atomic E-state index is 0.384. The van der Waals surface area contributed by atoms with Crippen LogP contribution in [0.1, 0.15) is 5.56 Å². The second-order valence-corrected chi connectivity index (χ2v) is 24.1.